The highest BCUT2D eigenvalue weighted by atomic mass is 16.1. The fraction of sp³-hybridized carbons (Fsp3) is 0.444. The fourth-order valence-electron chi connectivity index (χ4n) is 1.59. The Morgan fingerprint density at radius 3 is 3.18 bits per heavy atom. The average Bonchev–Trinajstić information content (AvgIpc) is 2.04. The minimum Gasteiger partial charge on any atom is -0.312 e. The van der Waals surface area contributed by atoms with E-state index in [1.165, 1.54) is 11.1 Å². The summed E-state index contributed by atoms with van der Waals surface area (Å²) in [6.07, 6.45) is 5.35. The van der Waals surface area contributed by atoms with E-state index in [9.17, 15) is 4.79 Å². The van der Waals surface area contributed by atoms with E-state index in [-0.39, 0.29) is 5.78 Å². The highest BCUT2D eigenvalue weighted by Crippen LogP contribution is 2.21. The topological polar surface area (TPSA) is 29.1 Å². The van der Waals surface area contributed by atoms with Crippen molar-refractivity contribution in [3.63, 3.8) is 0 Å². The van der Waals surface area contributed by atoms with E-state index in [1.807, 2.05) is 6.08 Å². The van der Waals surface area contributed by atoms with E-state index < -0.39 is 0 Å². The van der Waals surface area contributed by atoms with Crippen LogP contribution in [0.1, 0.15) is 12.8 Å². The van der Waals surface area contributed by atoms with Gasteiger partial charge in [0.05, 0.1) is 0 Å². The summed E-state index contributed by atoms with van der Waals surface area (Å²) in [4.78, 5) is 11.0. The van der Waals surface area contributed by atoms with Crippen LogP contribution in [0.3, 0.4) is 0 Å². The van der Waals surface area contributed by atoms with Crippen LogP contribution in [-0.2, 0) is 4.79 Å². The lowest BCUT2D eigenvalue weighted by Gasteiger charge is -2.20. The van der Waals surface area contributed by atoms with Crippen molar-refractivity contribution in [2.24, 2.45) is 0 Å². The molecule has 1 heterocycles. The second-order valence-electron chi connectivity index (χ2n) is 3.03. The Balaban J connectivity index is 2.26. The van der Waals surface area contributed by atoms with Gasteiger partial charge in [0.1, 0.15) is 0 Å². The second-order valence-corrected chi connectivity index (χ2v) is 3.03. The van der Waals surface area contributed by atoms with Gasteiger partial charge in [0.2, 0.25) is 0 Å². The van der Waals surface area contributed by atoms with E-state index in [1.54, 1.807) is 6.08 Å². The Morgan fingerprint density at radius 2 is 2.27 bits per heavy atom. The molecule has 0 spiro atoms. The molecule has 1 aliphatic carbocycles. The molecule has 58 valence electrons. The normalized spacial score (nSPS) is 23.8. The zero-order valence-electron chi connectivity index (χ0n) is 6.39. The van der Waals surface area contributed by atoms with Gasteiger partial charge in [-0.15, -0.1) is 0 Å². The number of carbonyl (C=O) groups excluding carboxylic acids is 1. The lowest BCUT2D eigenvalue weighted by molar-refractivity contribution is -0.114. The molecule has 11 heavy (non-hydrogen) atoms. The van der Waals surface area contributed by atoms with Crippen LogP contribution >= 0.6 is 0 Å². The predicted octanol–water partition coefficient (Wildman–Crippen LogP) is 0.805. The maximum Gasteiger partial charge on any atom is 0.159 e. The summed E-state index contributed by atoms with van der Waals surface area (Å²) < 4.78 is 0. The van der Waals surface area contributed by atoms with Crippen molar-refractivity contribution < 1.29 is 4.79 Å². The van der Waals surface area contributed by atoms with Gasteiger partial charge in [-0.2, -0.15) is 0 Å². The summed E-state index contributed by atoms with van der Waals surface area (Å²) in [7, 11) is 0. The van der Waals surface area contributed by atoms with E-state index >= 15 is 0 Å². The molecule has 0 amide bonds. The van der Waals surface area contributed by atoms with Crippen molar-refractivity contribution in [2.45, 2.75) is 12.8 Å². The first-order valence-corrected chi connectivity index (χ1v) is 3.99. The largest absolute Gasteiger partial charge is 0.312 e. The summed E-state index contributed by atoms with van der Waals surface area (Å²) in [6, 6.07) is 0. The molecule has 2 aliphatic rings. The predicted molar refractivity (Wildman–Crippen MR) is 43.3 cm³/mol. The van der Waals surface area contributed by atoms with Crippen molar-refractivity contribution in [2.75, 3.05) is 13.1 Å². The Kier molecular flexibility index (Phi) is 1.62. The maximum atomic E-state index is 11.0. The van der Waals surface area contributed by atoms with Crippen molar-refractivity contribution >= 4 is 5.78 Å². The van der Waals surface area contributed by atoms with Crippen LogP contribution < -0.4 is 5.32 Å². The van der Waals surface area contributed by atoms with Crippen LogP contribution in [-0.4, -0.2) is 18.9 Å². The molecule has 1 N–H and O–H groups in total. The van der Waals surface area contributed by atoms with Crippen molar-refractivity contribution in [1.82, 2.24) is 5.32 Å². The van der Waals surface area contributed by atoms with E-state index in [0.717, 1.165) is 19.5 Å². The summed E-state index contributed by atoms with van der Waals surface area (Å²) >= 11 is 0. The van der Waals surface area contributed by atoms with Gasteiger partial charge >= 0.3 is 0 Å². The zero-order valence-corrected chi connectivity index (χ0v) is 6.39. The molecule has 2 heteroatoms. The van der Waals surface area contributed by atoms with Crippen molar-refractivity contribution in [1.29, 1.82) is 0 Å². The summed E-state index contributed by atoms with van der Waals surface area (Å²) in [5.41, 5.74) is 2.67. The first kappa shape index (κ1) is 6.80. The highest BCUT2D eigenvalue weighted by Gasteiger charge is 2.15. The summed E-state index contributed by atoms with van der Waals surface area (Å²) in [6.45, 7) is 1.97. The average molecular weight is 149 g/mol. The van der Waals surface area contributed by atoms with Crippen LogP contribution in [0.5, 0.6) is 0 Å². The Labute approximate surface area is 66.0 Å². The molecular formula is C9H11NO. The smallest absolute Gasteiger partial charge is 0.159 e. The molecule has 0 radical (unpaired) electrons. The third-order valence-corrected chi connectivity index (χ3v) is 2.23. The van der Waals surface area contributed by atoms with E-state index in [2.05, 4.69) is 5.32 Å². The van der Waals surface area contributed by atoms with Crippen molar-refractivity contribution in [3.05, 3.63) is 23.3 Å². The zero-order chi connectivity index (χ0) is 7.68. The number of carbonyl (C=O) groups is 1. The van der Waals surface area contributed by atoms with Gasteiger partial charge in [-0.05, 0) is 24.6 Å². The number of rotatable bonds is 0. The Hall–Kier alpha value is -0.890. The van der Waals surface area contributed by atoms with Crippen molar-refractivity contribution in [3.8, 4) is 0 Å². The third-order valence-electron chi connectivity index (χ3n) is 2.23. The molecule has 0 saturated heterocycles. The Bertz CT molecular complexity index is 250. The van der Waals surface area contributed by atoms with Gasteiger partial charge in [0.15, 0.2) is 5.78 Å². The van der Waals surface area contributed by atoms with E-state index in [4.69, 9.17) is 0 Å². The summed E-state index contributed by atoms with van der Waals surface area (Å²) in [5.74, 6) is 0.255. The van der Waals surface area contributed by atoms with Gasteiger partial charge in [0, 0.05) is 13.0 Å². The molecule has 0 aromatic rings. The molecule has 0 saturated carbocycles. The Morgan fingerprint density at radius 1 is 1.36 bits per heavy atom. The molecule has 0 aromatic heterocycles. The lowest BCUT2D eigenvalue weighted by Crippen LogP contribution is -2.26. The molecule has 2 rings (SSSR count). The molecule has 0 unspecified atom stereocenters. The number of allylic oxidation sites excluding steroid dienone is 1. The quantitative estimate of drug-likeness (QED) is 0.552. The molecule has 0 bridgehead atoms. The number of ketones is 1. The van der Waals surface area contributed by atoms with Crippen LogP contribution in [0.15, 0.2) is 23.3 Å². The van der Waals surface area contributed by atoms with Crippen LogP contribution in [0.4, 0.5) is 0 Å². The van der Waals surface area contributed by atoms with Gasteiger partial charge in [-0.3, -0.25) is 4.79 Å². The van der Waals surface area contributed by atoms with Gasteiger partial charge in [-0.1, -0.05) is 11.6 Å². The fourth-order valence-corrected chi connectivity index (χ4v) is 1.59. The molecule has 0 fully saturated rings. The number of nitrogens with one attached hydrogen (secondary N) is 1. The standard InChI is InChI=1S/C9H11NO/c11-9-2-1-8-6-10-4-3-7(8)5-9/h1-2,10H,3-6H2. The minimum absolute atomic E-state index is 0.255. The number of hydrogen-bond donors (Lipinski definition) is 1. The minimum atomic E-state index is 0.255. The van der Waals surface area contributed by atoms with Gasteiger partial charge in [0.25, 0.3) is 0 Å². The molecule has 1 aliphatic heterocycles. The molecule has 2 nitrogen and oxygen atoms in total. The SMILES string of the molecule is O=C1C=CC2=C(CCNC2)C1. The van der Waals surface area contributed by atoms with Gasteiger partial charge in [-0.25, -0.2) is 0 Å². The first-order valence-electron chi connectivity index (χ1n) is 3.99. The van der Waals surface area contributed by atoms with Gasteiger partial charge < -0.3 is 5.32 Å². The monoisotopic (exact) mass is 149 g/mol. The second kappa shape index (κ2) is 2.62. The van der Waals surface area contributed by atoms with Crippen LogP contribution in [0, 0.1) is 0 Å². The lowest BCUT2D eigenvalue weighted by atomic mass is 9.92. The molecule has 0 aromatic carbocycles. The maximum absolute atomic E-state index is 11.0. The first-order chi connectivity index (χ1) is 5.36. The molecular weight excluding hydrogens is 138 g/mol. The summed E-state index contributed by atoms with van der Waals surface area (Å²) in [5, 5.41) is 3.28. The third kappa shape index (κ3) is 1.26. The van der Waals surface area contributed by atoms with E-state index in [0.29, 0.717) is 6.42 Å². The highest BCUT2D eigenvalue weighted by molar-refractivity contribution is 5.93. The van der Waals surface area contributed by atoms with Crippen LogP contribution in [0.2, 0.25) is 0 Å². The van der Waals surface area contributed by atoms with Crippen LogP contribution in [0.25, 0.3) is 0 Å². The number of hydrogen-bond acceptors (Lipinski definition) is 2. The molecule has 0 atom stereocenters.